The number of methoxy groups -OCH3 is 1. The number of thioether (sulfide) groups is 1. The standard InChI is InChI=1S/C23H21ClN2O3S/c1-15-6-8-16(9-7-15)23(28)26-17-4-3-5-19(12-17)30-14-22(27)25-18-10-11-21(29-2)20(24)13-18/h3-13H,14H2,1-2H3,(H,25,27)(H,26,28). The highest BCUT2D eigenvalue weighted by Gasteiger charge is 2.09. The summed E-state index contributed by atoms with van der Waals surface area (Å²) in [7, 11) is 1.54. The number of amides is 2. The first-order chi connectivity index (χ1) is 14.4. The molecule has 0 spiro atoms. The molecule has 0 saturated carbocycles. The molecule has 0 bridgehead atoms. The number of halogens is 1. The summed E-state index contributed by atoms with van der Waals surface area (Å²) in [6.07, 6.45) is 0. The summed E-state index contributed by atoms with van der Waals surface area (Å²) in [6.45, 7) is 1.97. The van der Waals surface area contributed by atoms with Gasteiger partial charge in [0.2, 0.25) is 5.91 Å². The Labute approximate surface area is 184 Å². The molecule has 7 heteroatoms. The average Bonchev–Trinajstić information content (AvgIpc) is 2.73. The Kier molecular flexibility index (Phi) is 7.38. The maximum Gasteiger partial charge on any atom is 0.255 e. The van der Waals surface area contributed by atoms with E-state index in [4.69, 9.17) is 16.3 Å². The fourth-order valence-corrected chi connectivity index (χ4v) is 3.67. The van der Waals surface area contributed by atoms with Gasteiger partial charge in [-0.3, -0.25) is 9.59 Å². The van der Waals surface area contributed by atoms with E-state index in [0.717, 1.165) is 10.5 Å². The fraction of sp³-hybridized carbons (Fsp3) is 0.130. The van der Waals surface area contributed by atoms with Gasteiger partial charge in [0.15, 0.2) is 0 Å². The van der Waals surface area contributed by atoms with E-state index in [2.05, 4.69) is 10.6 Å². The Hall–Kier alpha value is -2.96. The second kappa shape index (κ2) is 10.2. The number of rotatable bonds is 7. The van der Waals surface area contributed by atoms with Crippen molar-refractivity contribution in [2.24, 2.45) is 0 Å². The van der Waals surface area contributed by atoms with Crippen LogP contribution in [0.25, 0.3) is 0 Å². The molecule has 0 saturated heterocycles. The van der Waals surface area contributed by atoms with E-state index in [1.165, 1.54) is 18.9 Å². The van der Waals surface area contributed by atoms with Gasteiger partial charge in [-0.1, -0.05) is 35.4 Å². The molecule has 0 atom stereocenters. The van der Waals surface area contributed by atoms with Crippen molar-refractivity contribution in [3.63, 3.8) is 0 Å². The third-order valence-corrected chi connectivity index (χ3v) is 5.50. The van der Waals surface area contributed by atoms with Gasteiger partial charge in [-0.15, -0.1) is 11.8 Å². The zero-order valence-corrected chi connectivity index (χ0v) is 18.1. The lowest BCUT2D eigenvalue weighted by atomic mass is 10.1. The zero-order valence-electron chi connectivity index (χ0n) is 16.6. The Morgan fingerprint density at radius 3 is 2.40 bits per heavy atom. The summed E-state index contributed by atoms with van der Waals surface area (Å²) in [5.74, 6) is 0.439. The molecule has 2 amide bonds. The lowest BCUT2D eigenvalue weighted by Gasteiger charge is -2.09. The summed E-state index contributed by atoms with van der Waals surface area (Å²) in [6, 6.07) is 19.8. The molecule has 0 heterocycles. The van der Waals surface area contributed by atoms with E-state index in [9.17, 15) is 9.59 Å². The average molecular weight is 441 g/mol. The number of benzene rings is 3. The molecule has 0 unspecified atom stereocenters. The Balaban J connectivity index is 1.55. The summed E-state index contributed by atoms with van der Waals surface area (Å²) in [5.41, 5.74) is 2.97. The molecule has 3 aromatic carbocycles. The number of ether oxygens (including phenoxy) is 1. The van der Waals surface area contributed by atoms with Gasteiger partial charge in [0.1, 0.15) is 5.75 Å². The van der Waals surface area contributed by atoms with E-state index in [1.54, 1.807) is 30.3 Å². The van der Waals surface area contributed by atoms with Crippen molar-refractivity contribution >= 4 is 46.6 Å². The van der Waals surface area contributed by atoms with Crippen LogP contribution < -0.4 is 15.4 Å². The number of anilines is 2. The minimum absolute atomic E-state index is 0.157. The lowest BCUT2D eigenvalue weighted by molar-refractivity contribution is -0.113. The molecule has 0 aliphatic heterocycles. The molecule has 2 N–H and O–H groups in total. The molecule has 154 valence electrons. The first-order valence-corrected chi connectivity index (χ1v) is 10.6. The van der Waals surface area contributed by atoms with Crippen LogP contribution in [0.15, 0.2) is 71.6 Å². The minimum atomic E-state index is -0.175. The van der Waals surface area contributed by atoms with Gasteiger partial charge < -0.3 is 15.4 Å². The predicted octanol–water partition coefficient (Wildman–Crippen LogP) is 5.64. The molecule has 3 aromatic rings. The number of aryl methyl sites for hydroxylation is 1. The van der Waals surface area contributed by atoms with Gasteiger partial charge in [0.25, 0.3) is 5.91 Å². The van der Waals surface area contributed by atoms with E-state index in [0.29, 0.717) is 27.7 Å². The number of hydrogen-bond donors (Lipinski definition) is 2. The first kappa shape index (κ1) is 21.7. The normalized spacial score (nSPS) is 10.4. The van der Waals surface area contributed by atoms with E-state index >= 15 is 0 Å². The van der Waals surface area contributed by atoms with Crippen LogP contribution in [-0.2, 0) is 4.79 Å². The molecule has 0 aliphatic carbocycles. The van der Waals surface area contributed by atoms with Crippen LogP contribution in [-0.4, -0.2) is 24.7 Å². The van der Waals surface area contributed by atoms with E-state index in [1.807, 2.05) is 43.3 Å². The maximum atomic E-state index is 12.4. The van der Waals surface area contributed by atoms with E-state index in [-0.39, 0.29) is 17.6 Å². The van der Waals surface area contributed by atoms with E-state index < -0.39 is 0 Å². The quantitative estimate of drug-likeness (QED) is 0.466. The topological polar surface area (TPSA) is 67.4 Å². The third kappa shape index (κ3) is 6.02. The van der Waals surface area contributed by atoms with Crippen molar-refractivity contribution < 1.29 is 14.3 Å². The van der Waals surface area contributed by atoms with Gasteiger partial charge in [-0.25, -0.2) is 0 Å². The molecule has 0 aliphatic rings. The van der Waals surface area contributed by atoms with Crippen LogP contribution >= 0.6 is 23.4 Å². The van der Waals surface area contributed by atoms with Crippen molar-refractivity contribution in [2.45, 2.75) is 11.8 Å². The molecular formula is C23H21ClN2O3S. The molecule has 0 aromatic heterocycles. The maximum absolute atomic E-state index is 12.4. The zero-order chi connectivity index (χ0) is 21.5. The van der Waals surface area contributed by atoms with Gasteiger partial charge in [-0.05, 0) is 55.5 Å². The predicted molar refractivity (Wildman–Crippen MR) is 123 cm³/mol. The van der Waals surface area contributed by atoms with Crippen molar-refractivity contribution in [3.05, 3.63) is 82.9 Å². The highest BCUT2D eigenvalue weighted by atomic mass is 35.5. The van der Waals surface area contributed by atoms with Crippen LogP contribution in [0.4, 0.5) is 11.4 Å². The number of carbonyl (C=O) groups is 2. The van der Waals surface area contributed by atoms with Crippen molar-refractivity contribution in [1.82, 2.24) is 0 Å². The largest absolute Gasteiger partial charge is 0.495 e. The molecule has 30 heavy (non-hydrogen) atoms. The fourth-order valence-electron chi connectivity index (χ4n) is 2.66. The molecule has 0 fully saturated rings. The number of hydrogen-bond acceptors (Lipinski definition) is 4. The molecule has 5 nitrogen and oxygen atoms in total. The van der Waals surface area contributed by atoms with Crippen molar-refractivity contribution in [3.8, 4) is 5.75 Å². The second-order valence-corrected chi connectivity index (χ2v) is 7.99. The summed E-state index contributed by atoms with van der Waals surface area (Å²) in [4.78, 5) is 25.5. The van der Waals surface area contributed by atoms with Crippen LogP contribution in [0, 0.1) is 6.92 Å². The highest BCUT2D eigenvalue weighted by molar-refractivity contribution is 8.00. The Morgan fingerprint density at radius 1 is 0.967 bits per heavy atom. The Bertz CT molecular complexity index is 1050. The second-order valence-electron chi connectivity index (χ2n) is 6.53. The van der Waals surface area contributed by atoms with Gasteiger partial charge >= 0.3 is 0 Å². The minimum Gasteiger partial charge on any atom is -0.495 e. The third-order valence-electron chi connectivity index (χ3n) is 4.21. The van der Waals surface area contributed by atoms with Gasteiger partial charge in [0, 0.05) is 21.8 Å². The van der Waals surface area contributed by atoms with Crippen LogP contribution in [0.3, 0.4) is 0 Å². The highest BCUT2D eigenvalue weighted by Crippen LogP contribution is 2.28. The number of nitrogens with one attached hydrogen (secondary N) is 2. The van der Waals surface area contributed by atoms with Crippen LogP contribution in [0.5, 0.6) is 5.75 Å². The van der Waals surface area contributed by atoms with Crippen molar-refractivity contribution in [1.29, 1.82) is 0 Å². The smallest absolute Gasteiger partial charge is 0.255 e. The molecule has 3 rings (SSSR count). The number of carbonyl (C=O) groups excluding carboxylic acids is 2. The van der Waals surface area contributed by atoms with Crippen molar-refractivity contribution in [2.75, 3.05) is 23.5 Å². The molecule has 0 radical (unpaired) electrons. The summed E-state index contributed by atoms with van der Waals surface area (Å²) >= 11 is 7.46. The monoisotopic (exact) mass is 440 g/mol. The SMILES string of the molecule is COc1ccc(NC(=O)CSc2cccc(NC(=O)c3ccc(C)cc3)c2)cc1Cl. The summed E-state index contributed by atoms with van der Waals surface area (Å²) < 4.78 is 5.10. The lowest BCUT2D eigenvalue weighted by Crippen LogP contribution is -2.14. The molecular weight excluding hydrogens is 420 g/mol. The Morgan fingerprint density at radius 2 is 1.70 bits per heavy atom. The van der Waals surface area contributed by atoms with Crippen LogP contribution in [0.2, 0.25) is 5.02 Å². The van der Waals surface area contributed by atoms with Gasteiger partial charge in [-0.2, -0.15) is 0 Å². The first-order valence-electron chi connectivity index (χ1n) is 9.19. The van der Waals surface area contributed by atoms with Gasteiger partial charge in [0.05, 0.1) is 17.9 Å². The van der Waals surface area contributed by atoms with Crippen LogP contribution in [0.1, 0.15) is 15.9 Å². The summed E-state index contributed by atoms with van der Waals surface area (Å²) in [5, 5.41) is 6.12.